The molecule has 6 rings (SSSR count). The van der Waals surface area contributed by atoms with Gasteiger partial charge in [0.1, 0.15) is 6.10 Å². The zero-order valence-electron chi connectivity index (χ0n) is 16.7. The lowest BCUT2D eigenvalue weighted by Gasteiger charge is -2.76. The average molecular weight is 396 g/mol. The van der Waals surface area contributed by atoms with E-state index in [0.29, 0.717) is 12.0 Å². The number of fused-ring (bicyclic) bond motifs is 2. The van der Waals surface area contributed by atoms with E-state index in [0.717, 1.165) is 12.8 Å². The Morgan fingerprint density at radius 1 is 1.07 bits per heavy atom. The largest absolute Gasteiger partial charge is 0.393 e. The van der Waals surface area contributed by atoms with Crippen LogP contribution in [0.15, 0.2) is 12.2 Å². The number of rotatable bonds is 1. The van der Waals surface area contributed by atoms with E-state index < -0.39 is 65.1 Å². The van der Waals surface area contributed by atoms with Crippen molar-refractivity contribution in [1.82, 2.24) is 0 Å². The van der Waals surface area contributed by atoms with Crippen molar-refractivity contribution < 1.29 is 35.0 Å². The van der Waals surface area contributed by atoms with Crippen molar-refractivity contribution >= 4 is 0 Å². The zero-order chi connectivity index (χ0) is 20.4. The smallest absolute Gasteiger partial charge is 0.206 e. The Morgan fingerprint density at radius 3 is 2.39 bits per heavy atom. The highest BCUT2D eigenvalue weighted by Gasteiger charge is 2.88. The maximum atomic E-state index is 11.9. The van der Waals surface area contributed by atoms with Gasteiger partial charge in [-0.2, -0.15) is 0 Å². The minimum absolute atomic E-state index is 0.265. The molecule has 0 aromatic heterocycles. The predicted octanol–water partition coefficient (Wildman–Crippen LogP) is 0.140. The van der Waals surface area contributed by atoms with Crippen LogP contribution in [0.1, 0.15) is 39.5 Å². The first kappa shape index (κ1) is 19.4. The molecule has 28 heavy (non-hydrogen) atoms. The van der Waals surface area contributed by atoms with Crippen LogP contribution in [0.2, 0.25) is 0 Å². The maximum absolute atomic E-state index is 11.9. The molecule has 0 aromatic carbocycles. The zero-order valence-corrected chi connectivity index (χ0v) is 16.7. The number of methoxy groups -OCH3 is 1. The van der Waals surface area contributed by atoms with Crippen molar-refractivity contribution in [2.45, 2.75) is 76.0 Å². The number of aliphatic hydroxyl groups excluding tert-OH is 4. The maximum Gasteiger partial charge on any atom is 0.206 e. The van der Waals surface area contributed by atoms with Crippen molar-refractivity contribution in [2.24, 2.45) is 34.0 Å². The second-order valence-corrected chi connectivity index (χ2v) is 10.5. The molecule has 2 spiro atoms. The molecular weight excluding hydrogens is 364 g/mol. The van der Waals surface area contributed by atoms with Crippen molar-refractivity contribution in [3.05, 3.63) is 12.2 Å². The van der Waals surface area contributed by atoms with Gasteiger partial charge in [0.2, 0.25) is 5.79 Å². The van der Waals surface area contributed by atoms with Gasteiger partial charge in [0.05, 0.1) is 23.7 Å². The predicted molar refractivity (Wildman–Crippen MR) is 97.6 cm³/mol. The van der Waals surface area contributed by atoms with Crippen LogP contribution in [0.25, 0.3) is 0 Å². The van der Waals surface area contributed by atoms with Gasteiger partial charge < -0.3 is 35.0 Å². The summed E-state index contributed by atoms with van der Waals surface area (Å²) in [5.41, 5.74) is -2.42. The number of aliphatic hydroxyl groups is 5. The summed E-state index contributed by atoms with van der Waals surface area (Å²) < 4.78 is 11.7. The Balaban J connectivity index is 1.84. The lowest BCUT2D eigenvalue weighted by atomic mass is 9.35. The van der Waals surface area contributed by atoms with Crippen LogP contribution in [-0.2, 0) is 9.47 Å². The van der Waals surface area contributed by atoms with Crippen LogP contribution >= 0.6 is 0 Å². The molecule has 4 aliphatic carbocycles. The second-order valence-electron chi connectivity index (χ2n) is 10.5. The third-order valence-corrected chi connectivity index (χ3v) is 9.25. The molecule has 158 valence electrons. The van der Waals surface area contributed by atoms with Gasteiger partial charge in [-0.25, -0.2) is 0 Å². The summed E-state index contributed by atoms with van der Waals surface area (Å²) in [6.07, 6.45) is -2.91. The molecular formula is C21H32O7. The summed E-state index contributed by atoms with van der Waals surface area (Å²) in [5.74, 6) is -3.89. The lowest BCUT2D eigenvalue weighted by molar-refractivity contribution is -0.521. The molecule has 2 heterocycles. The fourth-order valence-corrected chi connectivity index (χ4v) is 8.55. The van der Waals surface area contributed by atoms with E-state index in [4.69, 9.17) is 9.47 Å². The highest BCUT2D eigenvalue weighted by molar-refractivity contribution is 5.38. The van der Waals surface area contributed by atoms with Crippen LogP contribution < -0.4 is 0 Å². The molecule has 6 aliphatic rings. The first-order valence-electron chi connectivity index (χ1n) is 10.4. The molecule has 5 N–H and O–H groups in total. The summed E-state index contributed by atoms with van der Waals surface area (Å²) in [4.78, 5) is 0. The average Bonchev–Trinajstić information content (AvgIpc) is 2.73. The lowest BCUT2D eigenvalue weighted by Crippen LogP contribution is -2.87. The van der Waals surface area contributed by atoms with Gasteiger partial charge >= 0.3 is 0 Å². The van der Waals surface area contributed by atoms with Gasteiger partial charge in [-0.1, -0.05) is 26.8 Å². The van der Waals surface area contributed by atoms with E-state index in [1.165, 1.54) is 7.11 Å². The van der Waals surface area contributed by atoms with Gasteiger partial charge in [0, 0.05) is 30.3 Å². The highest BCUT2D eigenvalue weighted by Crippen LogP contribution is 2.78. The molecule has 4 saturated carbocycles. The fraction of sp³-hybridized carbons (Fsp3) is 0.905. The molecule has 11 unspecified atom stereocenters. The molecule has 2 aliphatic heterocycles. The molecule has 6 fully saturated rings. The van der Waals surface area contributed by atoms with E-state index >= 15 is 0 Å². The van der Waals surface area contributed by atoms with Crippen molar-refractivity contribution in [3.63, 3.8) is 0 Å². The van der Waals surface area contributed by atoms with E-state index in [2.05, 4.69) is 20.4 Å². The van der Waals surface area contributed by atoms with E-state index in [9.17, 15) is 25.5 Å². The van der Waals surface area contributed by atoms with Crippen LogP contribution in [-0.4, -0.2) is 69.1 Å². The summed E-state index contributed by atoms with van der Waals surface area (Å²) >= 11 is 0. The summed E-state index contributed by atoms with van der Waals surface area (Å²) in [7, 11) is 1.50. The minimum atomic E-state index is -2.25. The highest BCUT2D eigenvalue weighted by atomic mass is 16.8. The summed E-state index contributed by atoms with van der Waals surface area (Å²) in [6.45, 7) is 8.08. The van der Waals surface area contributed by atoms with Crippen LogP contribution in [0.5, 0.6) is 0 Å². The standard InChI is InChI=1S/C21H32O7/c1-9-10-8-11(22)12-19-7-5-6-18(2,3)13(19)16(25)21(26,28-17(19)27-4)20(12,14(9)23)15(10)24/h10-17,22-26H,1,5-8H2,2-4H3. The minimum Gasteiger partial charge on any atom is -0.393 e. The van der Waals surface area contributed by atoms with Crippen LogP contribution in [0.4, 0.5) is 0 Å². The Hall–Kier alpha value is -0.540. The molecule has 7 heteroatoms. The van der Waals surface area contributed by atoms with Crippen molar-refractivity contribution in [2.75, 3.05) is 7.11 Å². The normalized spacial score (nSPS) is 61.8. The Bertz CT molecular complexity index is 724. The van der Waals surface area contributed by atoms with Gasteiger partial charge in [-0.3, -0.25) is 0 Å². The third kappa shape index (κ3) is 1.67. The first-order valence-corrected chi connectivity index (χ1v) is 10.4. The quantitative estimate of drug-likeness (QED) is 0.400. The van der Waals surface area contributed by atoms with E-state index in [1.807, 2.05) is 0 Å². The molecule has 11 atom stereocenters. The topological polar surface area (TPSA) is 120 Å². The Morgan fingerprint density at radius 2 is 1.75 bits per heavy atom. The van der Waals surface area contributed by atoms with Crippen molar-refractivity contribution in [1.29, 1.82) is 0 Å². The Labute approximate surface area is 165 Å². The molecule has 0 aromatic rings. The molecule has 0 radical (unpaired) electrons. The SMILES string of the molecule is C=C1C2CC(O)C3C45CCCC(C)(C)C4C(O)C(O)(OC5OC)C3(C1O)C2O. The van der Waals surface area contributed by atoms with E-state index in [-0.39, 0.29) is 11.8 Å². The fourth-order valence-electron chi connectivity index (χ4n) is 8.55. The number of hydrogen-bond acceptors (Lipinski definition) is 7. The van der Waals surface area contributed by atoms with Gasteiger partial charge in [0.15, 0.2) is 6.29 Å². The Kier molecular flexibility index (Phi) is 3.73. The molecule has 0 amide bonds. The third-order valence-electron chi connectivity index (χ3n) is 9.25. The molecule has 2 saturated heterocycles. The first-order chi connectivity index (χ1) is 13.0. The molecule has 4 bridgehead atoms. The summed E-state index contributed by atoms with van der Waals surface area (Å²) in [6, 6.07) is 0. The van der Waals surface area contributed by atoms with Gasteiger partial charge in [0.25, 0.3) is 0 Å². The monoisotopic (exact) mass is 396 g/mol. The second kappa shape index (κ2) is 5.38. The van der Waals surface area contributed by atoms with Gasteiger partial charge in [-0.15, -0.1) is 0 Å². The number of ether oxygens (including phenoxy) is 2. The van der Waals surface area contributed by atoms with Crippen molar-refractivity contribution in [3.8, 4) is 0 Å². The number of hydrogen-bond donors (Lipinski definition) is 5. The van der Waals surface area contributed by atoms with Gasteiger partial charge in [-0.05, 0) is 30.3 Å². The summed E-state index contributed by atoms with van der Waals surface area (Å²) in [5, 5.41) is 57.3. The van der Waals surface area contributed by atoms with E-state index in [1.54, 1.807) is 0 Å². The van der Waals surface area contributed by atoms with Crippen LogP contribution in [0.3, 0.4) is 0 Å². The van der Waals surface area contributed by atoms with Crippen LogP contribution in [0, 0.1) is 34.0 Å². The molecule has 7 nitrogen and oxygen atoms in total.